The average Bonchev–Trinajstić information content (AvgIpc) is 3.12. The molecule has 0 amide bonds. The van der Waals surface area contributed by atoms with Crippen molar-refractivity contribution in [3.8, 4) is 0 Å². The Morgan fingerprint density at radius 1 is 1.06 bits per heavy atom. The van der Waals surface area contributed by atoms with E-state index in [-0.39, 0.29) is 31.0 Å². The van der Waals surface area contributed by atoms with E-state index in [1.54, 1.807) is 26.0 Å². The van der Waals surface area contributed by atoms with Crippen molar-refractivity contribution >= 4 is 17.5 Å². The van der Waals surface area contributed by atoms with E-state index in [2.05, 4.69) is 15.1 Å². The zero-order chi connectivity index (χ0) is 22.9. The quantitative estimate of drug-likeness (QED) is 0.434. The molecule has 0 unspecified atom stereocenters. The first-order chi connectivity index (χ1) is 14.5. The van der Waals surface area contributed by atoms with Crippen LogP contribution < -0.4 is 0 Å². The fraction of sp³-hybridized carbons (Fsp3) is 0.381. The van der Waals surface area contributed by atoms with Crippen LogP contribution in [0.1, 0.15) is 50.7 Å². The van der Waals surface area contributed by atoms with Gasteiger partial charge in [0.1, 0.15) is 0 Å². The average molecular weight is 434 g/mol. The predicted molar refractivity (Wildman–Crippen MR) is 105 cm³/mol. The summed E-state index contributed by atoms with van der Waals surface area (Å²) >= 11 is 0. The number of benzene rings is 1. The molecule has 31 heavy (non-hydrogen) atoms. The van der Waals surface area contributed by atoms with Gasteiger partial charge in [-0.15, -0.1) is 5.10 Å². The molecule has 0 radical (unpaired) electrons. The van der Waals surface area contributed by atoms with Crippen LogP contribution in [0, 0.1) is 27.7 Å². The Morgan fingerprint density at radius 3 is 2.42 bits per heavy atom. The van der Waals surface area contributed by atoms with Gasteiger partial charge >= 0.3 is 12.1 Å². The first-order valence-electron chi connectivity index (χ1n) is 9.53. The highest BCUT2D eigenvalue weighted by molar-refractivity contribution is 5.98. The smallest absolute Gasteiger partial charge is 0.453 e. The second-order valence-corrected chi connectivity index (χ2v) is 7.29. The van der Waals surface area contributed by atoms with Gasteiger partial charge in [-0.1, -0.05) is 12.1 Å². The second kappa shape index (κ2) is 8.44. The van der Waals surface area contributed by atoms with Crippen molar-refractivity contribution in [2.24, 2.45) is 0 Å². The summed E-state index contributed by atoms with van der Waals surface area (Å²) in [6.45, 7) is 6.65. The molecular formula is C21H21F3N4O3. The van der Waals surface area contributed by atoms with Crippen LogP contribution in [0.25, 0.3) is 5.78 Å². The second-order valence-electron chi connectivity index (χ2n) is 7.29. The number of fused-ring (bicyclic) bond motifs is 1. The summed E-state index contributed by atoms with van der Waals surface area (Å²) in [6.07, 6.45) is -4.56. The molecule has 0 saturated carbocycles. The predicted octanol–water partition coefficient (Wildman–Crippen LogP) is 3.74. The van der Waals surface area contributed by atoms with Crippen molar-refractivity contribution in [3.05, 3.63) is 57.7 Å². The first-order valence-corrected chi connectivity index (χ1v) is 9.53. The number of ether oxygens (including phenoxy) is 1. The molecule has 0 N–H and O–H groups in total. The van der Waals surface area contributed by atoms with E-state index in [1.807, 2.05) is 19.9 Å². The molecule has 2 heterocycles. The van der Waals surface area contributed by atoms with E-state index in [4.69, 9.17) is 4.74 Å². The third-order valence-electron chi connectivity index (χ3n) is 5.07. The molecule has 164 valence electrons. The van der Waals surface area contributed by atoms with Gasteiger partial charge < -0.3 is 4.74 Å². The lowest BCUT2D eigenvalue weighted by Gasteiger charge is -2.10. The molecule has 7 nitrogen and oxygen atoms in total. The number of alkyl halides is 3. The molecule has 3 rings (SSSR count). The normalized spacial score (nSPS) is 11.7. The number of aryl methyl sites for hydroxylation is 4. The Kier molecular flexibility index (Phi) is 6.10. The number of hydrogen-bond donors (Lipinski definition) is 0. The molecule has 0 spiro atoms. The summed E-state index contributed by atoms with van der Waals surface area (Å²) in [5.41, 5.74) is 3.91. The van der Waals surface area contributed by atoms with Crippen LogP contribution in [-0.2, 0) is 22.1 Å². The van der Waals surface area contributed by atoms with Gasteiger partial charge in [0.25, 0.3) is 11.6 Å². The minimum absolute atomic E-state index is 0.0596. The van der Waals surface area contributed by atoms with Gasteiger partial charge in [0.2, 0.25) is 0 Å². The molecule has 0 bridgehead atoms. The molecule has 0 fully saturated rings. The van der Waals surface area contributed by atoms with E-state index in [0.29, 0.717) is 22.5 Å². The Bertz CT molecular complexity index is 1170. The number of Topliss-reactive ketones (excluding diaryl/α,β-unsaturated/α-hetero) is 1. The standard InChI is InChI=1S/C21H21F3N4O3/c1-11-5-6-15(9-12(11)2)17(29)10-31-18(30)8-7-16-13(3)25-20-26-19(21(22,23)24)27-28(20)14(16)4/h5-6,9H,7-8,10H2,1-4H3. The van der Waals surface area contributed by atoms with Crippen LogP contribution >= 0.6 is 0 Å². The van der Waals surface area contributed by atoms with Crippen LogP contribution in [0.15, 0.2) is 18.2 Å². The van der Waals surface area contributed by atoms with Gasteiger partial charge in [-0.3, -0.25) is 9.59 Å². The summed E-state index contributed by atoms with van der Waals surface area (Å²) in [7, 11) is 0. The van der Waals surface area contributed by atoms with Crippen molar-refractivity contribution in [3.63, 3.8) is 0 Å². The Morgan fingerprint density at radius 2 is 1.77 bits per heavy atom. The molecule has 1 aromatic carbocycles. The Labute approximate surface area is 176 Å². The number of hydrogen-bond acceptors (Lipinski definition) is 6. The fourth-order valence-corrected chi connectivity index (χ4v) is 3.13. The molecule has 0 aliphatic heterocycles. The maximum absolute atomic E-state index is 12.9. The molecule has 2 aromatic heterocycles. The zero-order valence-corrected chi connectivity index (χ0v) is 17.5. The lowest BCUT2D eigenvalue weighted by molar-refractivity contribution is -0.145. The van der Waals surface area contributed by atoms with Crippen molar-refractivity contribution in [1.82, 2.24) is 19.6 Å². The minimum Gasteiger partial charge on any atom is -0.457 e. The summed E-state index contributed by atoms with van der Waals surface area (Å²) < 4.78 is 44.7. The molecule has 0 aliphatic carbocycles. The van der Waals surface area contributed by atoms with Gasteiger partial charge in [-0.2, -0.15) is 18.2 Å². The molecule has 3 aromatic rings. The summed E-state index contributed by atoms with van der Waals surface area (Å²) in [5, 5.41) is 3.48. The molecule has 10 heteroatoms. The third kappa shape index (κ3) is 4.89. The minimum atomic E-state index is -4.68. The monoisotopic (exact) mass is 434 g/mol. The number of aromatic nitrogens is 4. The van der Waals surface area contributed by atoms with Crippen LogP contribution in [0.2, 0.25) is 0 Å². The van der Waals surface area contributed by atoms with Crippen LogP contribution in [-0.4, -0.2) is 37.9 Å². The Hall–Kier alpha value is -3.30. The zero-order valence-electron chi connectivity index (χ0n) is 17.5. The van der Waals surface area contributed by atoms with Crippen molar-refractivity contribution < 1.29 is 27.5 Å². The van der Waals surface area contributed by atoms with Crippen molar-refractivity contribution in [1.29, 1.82) is 0 Å². The molecule has 0 aliphatic rings. The highest BCUT2D eigenvalue weighted by Gasteiger charge is 2.37. The largest absolute Gasteiger partial charge is 0.457 e. The summed E-state index contributed by atoms with van der Waals surface area (Å²) in [4.78, 5) is 31.8. The maximum atomic E-state index is 12.9. The van der Waals surface area contributed by atoms with E-state index < -0.39 is 18.0 Å². The highest BCUT2D eigenvalue weighted by atomic mass is 19.4. The molecule has 0 atom stereocenters. The van der Waals surface area contributed by atoms with E-state index in [0.717, 1.165) is 15.6 Å². The highest BCUT2D eigenvalue weighted by Crippen LogP contribution is 2.27. The summed E-state index contributed by atoms with van der Waals surface area (Å²) in [5.74, 6) is -2.34. The number of esters is 1. The fourth-order valence-electron chi connectivity index (χ4n) is 3.13. The topological polar surface area (TPSA) is 86.5 Å². The summed E-state index contributed by atoms with van der Waals surface area (Å²) in [6, 6.07) is 5.25. The lowest BCUT2D eigenvalue weighted by atomic mass is 10.0. The molecular weight excluding hydrogens is 413 g/mol. The van der Waals surface area contributed by atoms with E-state index >= 15 is 0 Å². The van der Waals surface area contributed by atoms with E-state index in [9.17, 15) is 22.8 Å². The molecule has 0 saturated heterocycles. The SMILES string of the molecule is Cc1ccc(C(=O)COC(=O)CCc2c(C)nc3nc(C(F)(F)F)nn3c2C)cc1C. The number of carbonyl (C=O) groups excluding carboxylic acids is 2. The lowest BCUT2D eigenvalue weighted by Crippen LogP contribution is -2.15. The number of halogens is 3. The first kappa shape index (κ1) is 22.4. The van der Waals surface area contributed by atoms with Crippen molar-refractivity contribution in [2.75, 3.05) is 6.61 Å². The van der Waals surface area contributed by atoms with E-state index in [1.165, 1.54) is 0 Å². The van der Waals surface area contributed by atoms with Gasteiger partial charge in [0.05, 0.1) is 0 Å². The van der Waals surface area contributed by atoms with Gasteiger partial charge in [-0.05, 0) is 56.9 Å². The number of nitrogens with zero attached hydrogens (tertiary/aromatic N) is 4. The van der Waals surface area contributed by atoms with Crippen molar-refractivity contribution in [2.45, 2.75) is 46.7 Å². The Balaban J connectivity index is 1.65. The van der Waals surface area contributed by atoms with Crippen LogP contribution in [0.3, 0.4) is 0 Å². The number of ketones is 1. The van der Waals surface area contributed by atoms with Gasteiger partial charge in [-0.25, -0.2) is 9.50 Å². The van der Waals surface area contributed by atoms with Gasteiger partial charge in [0.15, 0.2) is 12.4 Å². The van der Waals surface area contributed by atoms with Crippen LogP contribution in [0.4, 0.5) is 13.2 Å². The third-order valence-corrected chi connectivity index (χ3v) is 5.07. The van der Waals surface area contributed by atoms with Crippen LogP contribution in [0.5, 0.6) is 0 Å². The maximum Gasteiger partial charge on any atom is 0.453 e. The van der Waals surface area contributed by atoms with Gasteiger partial charge in [0, 0.05) is 23.4 Å². The number of rotatable bonds is 6. The number of carbonyl (C=O) groups is 2.